The number of carbonyl (C=O) groups excluding carboxylic acids is 1. The van der Waals surface area contributed by atoms with Crippen molar-refractivity contribution in [3.63, 3.8) is 0 Å². The van der Waals surface area contributed by atoms with E-state index < -0.39 is 29.9 Å². The van der Waals surface area contributed by atoms with Crippen molar-refractivity contribution in [3.05, 3.63) is 58.8 Å². The number of urea groups is 1. The zero-order valence-electron chi connectivity index (χ0n) is 16.3. The molecule has 30 heavy (non-hydrogen) atoms. The van der Waals surface area contributed by atoms with Gasteiger partial charge >= 0.3 is 12.2 Å². The number of hydrogen-bond donors (Lipinski definition) is 2. The highest BCUT2D eigenvalue weighted by Gasteiger charge is 2.39. The van der Waals surface area contributed by atoms with Crippen LogP contribution in [0.15, 0.2) is 36.5 Å². The van der Waals surface area contributed by atoms with Gasteiger partial charge in [0.1, 0.15) is 5.82 Å². The van der Waals surface area contributed by atoms with Crippen molar-refractivity contribution in [2.75, 3.05) is 24.5 Å². The predicted molar refractivity (Wildman–Crippen MR) is 105 cm³/mol. The molecule has 4 rings (SSSR count). The SMILES string of the molecule is NC(=O)N1CCN(c2ncccc2C(F)(F)F)CC1c1cccc2c1CC(O)CC2. The van der Waals surface area contributed by atoms with E-state index >= 15 is 0 Å². The summed E-state index contributed by atoms with van der Waals surface area (Å²) in [7, 11) is 0. The number of fused-ring (bicyclic) bond motifs is 1. The van der Waals surface area contributed by atoms with Crippen LogP contribution in [0.4, 0.5) is 23.8 Å². The fourth-order valence-electron chi connectivity index (χ4n) is 4.49. The van der Waals surface area contributed by atoms with Gasteiger partial charge in [-0.1, -0.05) is 18.2 Å². The summed E-state index contributed by atoms with van der Waals surface area (Å²) >= 11 is 0. The fourth-order valence-corrected chi connectivity index (χ4v) is 4.49. The standard InChI is InChI=1S/C21H23F3N4O2/c22-21(23,24)17-5-2-8-26-19(17)27-9-10-28(20(25)30)18(12-27)15-4-1-3-13-6-7-14(29)11-16(13)15/h1-5,8,14,18,29H,6-7,9-12H2,(H2,25,30). The summed E-state index contributed by atoms with van der Waals surface area (Å²) in [6.45, 7) is 0.507. The van der Waals surface area contributed by atoms with Gasteiger partial charge in [0.25, 0.3) is 0 Å². The molecule has 1 aliphatic heterocycles. The van der Waals surface area contributed by atoms with E-state index in [1.54, 1.807) is 4.90 Å². The molecule has 1 aromatic heterocycles. The second kappa shape index (κ2) is 7.79. The fraction of sp³-hybridized carbons (Fsp3) is 0.429. The average Bonchev–Trinajstić information content (AvgIpc) is 2.72. The van der Waals surface area contributed by atoms with Crippen molar-refractivity contribution >= 4 is 11.8 Å². The van der Waals surface area contributed by atoms with Gasteiger partial charge in [0.05, 0.1) is 17.7 Å². The molecule has 9 heteroatoms. The van der Waals surface area contributed by atoms with Crippen LogP contribution < -0.4 is 10.6 Å². The number of aryl methyl sites for hydroxylation is 1. The van der Waals surface area contributed by atoms with Gasteiger partial charge in [-0.25, -0.2) is 9.78 Å². The third kappa shape index (κ3) is 3.81. The van der Waals surface area contributed by atoms with Crippen molar-refractivity contribution in [1.82, 2.24) is 9.88 Å². The molecular weight excluding hydrogens is 397 g/mol. The first kappa shape index (κ1) is 20.5. The van der Waals surface area contributed by atoms with Crippen LogP contribution in [0.2, 0.25) is 0 Å². The molecule has 2 heterocycles. The minimum absolute atomic E-state index is 0.135. The first-order chi connectivity index (χ1) is 14.3. The predicted octanol–water partition coefficient (Wildman–Crippen LogP) is 2.89. The zero-order valence-corrected chi connectivity index (χ0v) is 16.3. The van der Waals surface area contributed by atoms with Gasteiger partial charge in [0.15, 0.2) is 0 Å². The average molecular weight is 420 g/mol. The molecule has 0 saturated carbocycles. The van der Waals surface area contributed by atoms with Gasteiger partial charge in [-0.15, -0.1) is 0 Å². The summed E-state index contributed by atoms with van der Waals surface area (Å²) in [5, 5.41) is 10.2. The van der Waals surface area contributed by atoms with E-state index in [1.165, 1.54) is 17.2 Å². The quantitative estimate of drug-likeness (QED) is 0.783. The molecule has 2 amide bonds. The van der Waals surface area contributed by atoms with Crippen molar-refractivity contribution in [1.29, 1.82) is 0 Å². The topological polar surface area (TPSA) is 82.7 Å². The maximum atomic E-state index is 13.5. The van der Waals surface area contributed by atoms with E-state index in [0.29, 0.717) is 12.8 Å². The van der Waals surface area contributed by atoms with Crippen LogP contribution in [0.1, 0.15) is 34.7 Å². The maximum Gasteiger partial charge on any atom is 0.419 e. The lowest BCUT2D eigenvalue weighted by Gasteiger charge is -2.43. The Morgan fingerprint density at radius 1 is 1.20 bits per heavy atom. The first-order valence-corrected chi connectivity index (χ1v) is 9.87. The number of primary amides is 1. The molecular formula is C21H23F3N4O2. The van der Waals surface area contributed by atoms with Crippen LogP contribution >= 0.6 is 0 Å². The molecule has 2 unspecified atom stereocenters. The number of anilines is 1. The smallest absolute Gasteiger partial charge is 0.393 e. The largest absolute Gasteiger partial charge is 0.419 e. The highest BCUT2D eigenvalue weighted by molar-refractivity contribution is 5.73. The number of nitrogens with zero attached hydrogens (tertiary/aromatic N) is 3. The molecule has 0 radical (unpaired) electrons. The molecule has 1 aromatic carbocycles. The van der Waals surface area contributed by atoms with Gasteiger partial charge in [-0.3, -0.25) is 0 Å². The minimum Gasteiger partial charge on any atom is -0.393 e. The van der Waals surface area contributed by atoms with Crippen molar-refractivity contribution in [2.24, 2.45) is 5.73 Å². The number of aliphatic hydroxyl groups is 1. The molecule has 160 valence electrons. The number of hydrogen-bond acceptors (Lipinski definition) is 4. The molecule has 1 fully saturated rings. The molecule has 2 aliphatic rings. The van der Waals surface area contributed by atoms with Crippen LogP contribution in [-0.2, 0) is 19.0 Å². The Kier molecular flexibility index (Phi) is 5.31. The second-order valence-electron chi connectivity index (χ2n) is 7.75. The molecule has 1 aliphatic carbocycles. The van der Waals surface area contributed by atoms with Crippen LogP contribution in [0.3, 0.4) is 0 Å². The summed E-state index contributed by atoms with van der Waals surface area (Å²) in [5.41, 5.74) is 7.66. The number of alkyl halides is 3. The lowest BCUT2D eigenvalue weighted by molar-refractivity contribution is -0.137. The Bertz CT molecular complexity index is 950. The Labute approximate surface area is 172 Å². The molecule has 6 nitrogen and oxygen atoms in total. The van der Waals surface area contributed by atoms with Crippen molar-refractivity contribution in [3.8, 4) is 0 Å². The molecule has 1 saturated heterocycles. The monoisotopic (exact) mass is 420 g/mol. The zero-order chi connectivity index (χ0) is 21.5. The summed E-state index contributed by atoms with van der Waals surface area (Å²) < 4.78 is 40.6. The van der Waals surface area contributed by atoms with Gasteiger partial charge in [-0.2, -0.15) is 13.2 Å². The summed E-state index contributed by atoms with van der Waals surface area (Å²) in [6.07, 6.45) is -1.85. The number of aliphatic hydroxyl groups excluding tert-OH is 1. The summed E-state index contributed by atoms with van der Waals surface area (Å²) in [6, 6.07) is 6.86. The molecule has 0 bridgehead atoms. The lowest BCUT2D eigenvalue weighted by Crippen LogP contribution is -2.53. The molecule has 3 N–H and O–H groups in total. The number of halogens is 3. The number of benzene rings is 1. The highest BCUT2D eigenvalue weighted by atomic mass is 19.4. The van der Waals surface area contributed by atoms with Gasteiger partial charge < -0.3 is 20.6 Å². The van der Waals surface area contributed by atoms with E-state index in [9.17, 15) is 23.1 Å². The molecule has 2 atom stereocenters. The van der Waals surface area contributed by atoms with Crippen molar-refractivity contribution in [2.45, 2.75) is 37.6 Å². The number of rotatable bonds is 2. The number of piperazine rings is 1. The number of pyridine rings is 1. The van der Waals surface area contributed by atoms with E-state index in [-0.39, 0.29) is 25.5 Å². The van der Waals surface area contributed by atoms with Gasteiger partial charge in [-0.05, 0) is 48.1 Å². The number of aromatic nitrogens is 1. The van der Waals surface area contributed by atoms with Gasteiger partial charge in [0.2, 0.25) is 0 Å². The lowest BCUT2D eigenvalue weighted by atomic mass is 9.83. The van der Waals surface area contributed by atoms with Crippen LogP contribution in [0.5, 0.6) is 0 Å². The molecule has 0 spiro atoms. The van der Waals surface area contributed by atoms with E-state index in [2.05, 4.69) is 4.98 Å². The number of nitrogens with two attached hydrogens (primary N) is 1. The third-order valence-corrected chi connectivity index (χ3v) is 5.91. The summed E-state index contributed by atoms with van der Waals surface area (Å²) in [4.78, 5) is 19.2. The van der Waals surface area contributed by atoms with Crippen LogP contribution in [-0.4, -0.2) is 46.8 Å². The second-order valence-corrected chi connectivity index (χ2v) is 7.75. The third-order valence-electron chi connectivity index (χ3n) is 5.91. The molecule has 2 aromatic rings. The number of amides is 2. The van der Waals surface area contributed by atoms with E-state index in [4.69, 9.17) is 5.73 Å². The van der Waals surface area contributed by atoms with Crippen molar-refractivity contribution < 1.29 is 23.1 Å². The Balaban J connectivity index is 1.74. The van der Waals surface area contributed by atoms with E-state index in [1.807, 2.05) is 18.2 Å². The summed E-state index contributed by atoms with van der Waals surface area (Å²) in [5.74, 6) is -0.149. The normalized spacial score (nSPS) is 22.0. The van der Waals surface area contributed by atoms with Gasteiger partial charge in [0, 0.05) is 25.8 Å². The maximum absolute atomic E-state index is 13.5. The Morgan fingerprint density at radius 3 is 2.73 bits per heavy atom. The minimum atomic E-state index is -4.53. The van der Waals surface area contributed by atoms with Crippen LogP contribution in [0.25, 0.3) is 0 Å². The first-order valence-electron chi connectivity index (χ1n) is 9.87. The Hall–Kier alpha value is -2.81. The van der Waals surface area contributed by atoms with Crippen LogP contribution in [0, 0.1) is 0 Å². The van der Waals surface area contributed by atoms with E-state index in [0.717, 1.165) is 29.2 Å². The highest BCUT2D eigenvalue weighted by Crippen LogP contribution is 2.38. The number of carbonyl (C=O) groups is 1. The Morgan fingerprint density at radius 2 is 2.00 bits per heavy atom.